The van der Waals surface area contributed by atoms with Gasteiger partial charge in [0.2, 0.25) is 0 Å². The fourth-order valence-corrected chi connectivity index (χ4v) is 3.36. The van der Waals surface area contributed by atoms with E-state index in [9.17, 15) is 4.79 Å². The first-order chi connectivity index (χ1) is 14.0. The molecule has 0 fully saturated rings. The molecule has 5 nitrogen and oxygen atoms in total. The second-order valence-electron chi connectivity index (χ2n) is 7.54. The van der Waals surface area contributed by atoms with Gasteiger partial charge in [0.15, 0.2) is 0 Å². The minimum Gasteiger partial charge on any atom is -0.497 e. The lowest BCUT2D eigenvalue weighted by atomic mass is 10.1. The van der Waals surface area contributed by atoms with Crippen LogP contribution in [0.2, 0.25) is 0 Å². The van der Waals surface area contributed by atoms with Crippen LogP contribution in [0.4, 0.5) is 0 Å². The standard InChI is InChI=1S/C24H29N3O2/c1-5-26(15-18(2)3)24(28)22-17-27(16-19-9-7-6-8-10-19)25-23(22)20-11-13-21(29-4)14-12-20/h6-14,17-18H,5,15-16H2,1-4H3. The molecule has 0 atom stereocenters. The van der Waals surface area contributed by atoms with Gasteiger partial charge in [-0.1, -0.05) is 44.2 Å². The van der Waals surface area contributed by atoms with Crippen LogP contribution in [-0.4, -0.2) is 40.8 Å². The van der Waals surface area contributed by atoms with Gasteiger partial charge in [-0.05, 0) is 42.7 Å². The van der Waals surface area contributed by atoms with Crippen LogP contribution < -0.4 is 4.74 Å². The predicted octanol–water partition coefficient (Wildman–Crippen LogP) is 4.73. The third kappa shape index (κ3) is 5.05. The molecule has 5 heteroatoms. The van der Waals surface area contributed by atoms with Crippen LogP contribution >= 0.6 is 0 Å². The summed E-state index contributed by atoms with van der Waals surface area (Å²) >= 11 is 0. The molecule has 29 heavy (non-hydrogen) atoms. The molecule has 0 radical (unpaired) electrons. The van der Waals surface area contributed by atoms with Crippen LogP contribution in [0.5, 0.6) is 5.75 Å². The fraction of sp³-hybridized carbons (Fsp3) is 0.333. The normalized spacial score (nSPS) is 10.9. The smallest absolute Gasteiger partial charge is 0.257 e. The summed E-state index contributed by atoms with van der Waals surface area (Å²) in [6, 6.07) is 17.8. The maximum absolute atomic E-state index is 13.3. The molecule has 0 N–H and O–H groups in total. The van der Waals surface area contributed by atoms with E-state index >= 15 is 0 Å². The minimum absolute atomic E-state index is 0.0197. The van der Waals surface area contributed by atoms with Crippen LogP contribution in [0.1, 0.15) is 36.7 Å². The van der Waals surface area contributed by atoms with Crippen molar-refractivity contribution < 1.29 is 9.53 Å². The van der Waals surface area contributed by atoms with Crippen LogP contribution in [0.3, 0.4) is 0 Å². The zero-order valence-corrected chi connectivity index (χ0v) is 17.6. The van der Waals surface area contributed by atoms with E-state index in [4.69, 9.17) is 9.84 Å². The summed E-state index contributed by atoms with van der Waals surface area (Å²) in [6.45, 7) is 8.28. The third-order valence-electron chi connectivity index (χ3n) is 4.80. The van der Waals surface area contributed by atoms with Crippen molar-refractivity contribution >= 4 is 5.91 Å². The van der Waals surface area contributed by atoms with E-state index in [0.717, 1.165) is 23.4 Å². The Morgan fingerprint density at radius 2 is 1.79 bits per heavy atom. The molecular formula is C24H29N3O2. The maximum Gasteiger partial charge on any atom is 0.257 e. The molecule has 2 aromatic carbocycles. The van der Waals surface area contributed by atoms with Gasteiger partial charge in [-0.3, -0.25) is 9.48 Å². The molecule has 3 aromatic rings. The van der Waals surface area contributed by atoms with Gasteiger partial charge in [-0.25, -0.2) is 0 Å². The summed E-state index contributed by atoms with van der Waals surface area (Å²) < 4.78 is 7.12. The van der Waals surface area contributed by atoms with Crippen molar-refractivity contribution in [1.29, 1.82) is 0 Å². The number of rotatable bonds is 8. The number of hydrogen-bond donors (Lipinski definition) is 0. The average molecular weight is 392 g/mol. The Labute approximate surface area is 172 Å². The summed E-state index contributed by atoms with van der Waals surface area (Å²) in [6.07, 6.45) is 1.87. The van der Waals surface area contributed by atoms with E-state index in [0.29, 0.717) is 30.3 Å². The Kier molecular flexibility index (Phi) is 6.70. The summed E-state index contributed by atoms with van der Waals surface area (Å²) in [7, 11) is 1.64. The zero-order valence-electron chi connectivity index (χ0n) is 17.6. The van der Waals surface area contributed by atoms with Crippen molar-refractivity contribution in [3.05, 3.63) is 71.9 Å². The van der Waals surface area contributed by atoms with E-state index in [2.05, 4.69) is 26.0 Å². The van der Waals surface area contributed by atoms with Gasteiger partial charge in [-0.15, -0.1) is 0 Å². The Bertz CT molecular complexity index is 931. The maximum atomic E-state index is 13.3. The van der Waals surface area contributed by atoms with E-state index in [1.807, 2.05) is 65.2 Å². The molecule has 3 rings (SSSR count). The fourth-order valence-electron chi connectivity index (χ4n) is 3.36. The Morgan fingerprint density at radius 3 is 2.38 bits per heavy atom. The number of methoxy groups -OCH3 is 1. The lowest BCUT2D eigenvalue weighted by molar-refractivity contribution is 0.0746. The summed E-state index contributed by atoms with van der Waals surface area (Å²) in [4.78, 5) is 15.2. The van der Waals surface area contributed by atoms with E-state index in [1.54, 1.807) is 7.11 Å². The molecule has 1 amide bonds. The number of benzene rings is 2. The number of hydrogen-bond acceptors (Lipinski definition) is 3. The topological polar surface area (TPSA) is 47.4 Å². The Hall–Kier alpha value is -3.08. The van der Waals surface area contributed by atoms with E-state index in [1.165, 1.54) is 0 Å². The molecular weight excluding hydrogens is 362 g/mol. The SMILES string of the molecule is CCN(CC(C)C)C(=O)c1cn(Cc2ccccc2)nc1-c1ccc(OC)cc1. The highest BCUT2D eigenvalue weighted by Gasteiger charge is 2.23. The second kappa shape index (κ2) is 9.41. The van der Waals surface area contributed by atoms with Crippen molar-refractivity contribution in [2.75, 3.05) is 20.2 Å². The molecule has 0 saturated heterocycles. The van der Waals surface area contributed by atoms with Crippen LogP contribution in [0.25, 0.3) is 11.3 Å². The first-order valence-electron chi connectivity index (χ1n) is 10.1. The summed E-state index contributed by atoms with van der Waals surface area (Å²) in [5.74, 6) is 1.20. The van der Waals surface area contributed by atoms with Gasteiger partial charge in [0.25, 0.3) is 5.91 Å². The molecule has 1 aromatic heterocycles. The third-order valence-corrected chi connectivity index (χ3v) is 4.80. The molecule has 0 spiro atoms. The summed E-state index contributed by atoms with van der Waals surface area (Å²) in [5, 5.41) is 4.78. The van der Waals surface area contributed by atoms with Crippen molar-refractivity contribution in [2.45, 2.75) is 27.3 Å². The number of carbonyl (C=O) groups excluding carboxylic acids is 1. The molecule has 0 saturated carbocycles. The molecule has 0 aliphatic carbocycles. The number of nitrogens with zero attached hydrogens (tertiary/aromatic N) is 3. The Balaban J connectivity index is 2.00. The predicted molar refractivity (Wildman–Crippen MR) is 116 cm³/mol. The van der Waals surface area contributed by atoms with Crippen LogP contribution in [0.15, 0.2) is 60.8 Å². The van der Waals surface area contributed by atoms with Crippen LogP contribution in [-0.2, 0) is 6.54 Å². The lowest BCUT2D eigenvalue weighted by Crippen LogP contribution is -2.34. The highest BCUT2D eigenvalue weighted by atomic mass is 16.5. The largest absolute Gasteiger partial charge is 0.497 e. The first-order valence-corrected chi connectivity index (χ1v) is 10.1. The van der Waals surface area contributed by atoms with Crippen molar-refractivity contribution in [1.82, 2.24) is 14.7 Å². The average Bonchev–Trinajstić information content (AvgIpc) is 3.15. The highest BCUT2D eigenvalue weighted by Crippen LogP contribution is 2.26. The number of carbonyl (C=O) groups is 1. The van der Waals surface area contributed by atoms with Crippen molar-refractivity contribution in [3.8, 4) is 17.0 Å². The quantitative estimate of drug-likeness (QED) is 0.558. The molecule has 0 bridgehead atoms. The minimum atomic E-state index is 0.0197. The summed E-state index contributed by atoms with van der Waals surface area (Å²) in [5.41, 5.74) is 3.38. The van der Waals surface area contributed by atoms with Gasteiger partial charge in [0, 0.05) is 24.8 Å². The van der Waals surface area contributed by atoms with Gasteiger partial charge >= 0.3 is 0 Å². The zero-order chi connectivity index (χ0) is 20.8. The van der Waals surface area contributed by atoms with Gasteiger partial charge in [-0.2, -0.15) is 5.10 Å². The molecule has 0 aliphatic rings. The van der Waals surface area contributed by atoms with Gasteiger partial charge in [0.05, 0.1) is 19.2 Å². The lowest BCUT2D eigenvalue weighted by Gasteiger charge is -2.22. The van der Waals surface area contributed by atoms with E-state index < -0.39 is 0 Å². The molecule has 152 valence electrons. The van der Waals surface area contributed by atoms with E-state index in [-0.39, 0.29) is 5.91 Å². The van der Waals surface area contributed by atoms with Crippen molar-refractivity contribution in [3.63, 3.8) is 0 Å². The molecule has 0 aliphatic heterocycles. The highest BCUT2D eigenvalue weighted by molar-refractivity contribution is 5.99. The number of ether oxygens (including phenoxy) is 1. The second-order valence-corrected chi connectivity index (χ2v) is 7.54. The molecule has 0 unspecified atom stereocenters. The monoisotopic (exact) mass is 391 g/mol. The molecule has 1 heterocycles. The van der Waals surface area contributed by atoms with Gasteiger partial charge < -0.3 is 9.64 Å². The Morgan fingerprint density at radius 1 is 1.10 bits per heavy atom. The number of aromatic nitrogens is 2. The number of amides is 1. The van der Waals surface area contributed by atoms with Crippen molar-refractivity contribution in [2.24, 2.45) is 5.92 Å². The van der Waals surface area contributed by atoms with Gasteiger partial charge in [0.1, 0.15) is 11.4 Å². The van der Waals surface area contributed by atoms with Crippen LogP contribution in [0, 0.1) is 5.92 Å². The first kappa shape index (κ1) is 20.6.